The molecule has 0 radical (unpaired) electrons. The summed E-state index contributed by atoms with van der Waals surface area (Å²) in [7, 11) is 3.55. The van der Waals surface area contributed by atoms with Crippen molar-refractivity contribution in [2.75, 3.05) is 40.5 Å². The minimum Gasteiger partial charge on any atom is -0.387 e. The van der Waals surface area contributed by atoms with Gasteiger partial charge >= 0.3 is 0 Å². The smallest absolute Gasteiger partial charge is 0.240 e. The number of carbonyl (C=O) groups is 2. The first-order valence-electron chi connectivity index (χ1n) is 20.7. The van der Waals surface area contributed by atoms with Crippen molar-refractivity contribution in [3.63, 3.8) is 0 Å². The molecule has 3 saturated carbocycles. The Balaban J connectivity index is 1.20. The van der Waals surface area contributed by atoms with Crippen LogP contribution in [0.4, 0.5) is 0 Å². The number of piperidine rings is 1. The van der Waals surface area contributed by atoms with Crippen molar-refractivity contribution in [2.24, 2.45) is 39.9 Å². The fourth-order valence-electron chi connectivity index (χ4n) is 13.1. The van der Waals surface area contributed by atoms with E-state index in [1.54, 1.807) is 20.1 Å². The van der Waals surface area contributed by atoms with Gasteiger partial charge in [-0.2, -0.15) is 0 Å². The molecule has 5 heterocycles. The van der Waals surface area contributed by atoms with Crippen LogP contribution in [0.3, 0.4) is 0 Å². The normalized spacial score (nSPS) is 50.7. The number of ether oxygens (including phenoxy) is 3. The van der Waals surface area contributed by atoms with Crippen molar-refractivity contribution in [3.05, 3.63) is 11.6 Å². The van der Waals surface area contributed by atoms with E-state index in [0.29, 0.717) is 83.2 Å². The lowest BCUT2D eigenvalue weighted by atomic mass is 9.39. The fraction of sp³-hybridized carbons (Fsp3) is 0.857. The van der Waals surface area contributed by atoms with Gasteiger partial charge in [0.05, 0.1) is 40.9 Å². The molecular weight excluding hydrogens is 690 g/mol. The van der Waals surface area contributed by atoms with Gasteiger partial charge in [0, 0.05) is 44.6 Å². The summed E-state index contributed by atoms with van der Waals surface area (Å²) >= 11 is 0. The van der Waals surface area contributed by atoms with Gasteiger partial charge < -0.3 is 44.9 Å². The zero-order chi connectivity index (χ0) is 38.4. The Morgan fingerprint density at radius 1 is 1.04 bits per heavy atom. The van der Waals surface area contributed by atoms with Crippen molar-refractivity contribution in [1.29, 1.82) is 0 Å². The molecule has 0 unspecified atom stereocenters. The molecule has 300 valence electrons. The van der Waals surface area contributed by atoms with E-state index in [1.807, 2.05) is 18.9 Å². The first kappa shape index (κ1) is 38.9. The number of nitrogens with zero attached hydrogens (tertiary/aromatic N) is 1. The Hall–Kier alpha value is -1.92. The molecule has 6 fully saturated rings. The van der Waals surface area contributed by atoms with Gasteiger partial charge in [0.15, 0.2) is 5.78 Å². The van der Waals surface area contributed by atoms with Gasteiger partial charge in [0.2, 0.25) is 5.91 Å². The second kappa shape index (κ2) is 13.9. The number of methoxy groups -OCH3 is 1. The summed E-state index contributed by atoms with van der Waals surface area (Å²) in [6.45, 7) is 8.32. The highest BCUT2D eigenvalue weighted by molar-refractivity contribution is 5.95. The van der Waals surface area contributed by atoms with Crippen LogP contribution in [-0.2, 0) is 23.8 Å². The van der Waals surface area contributed by atoms with Gasteiger partial charge in [-0.3, -0.25) is 14.9 Å². The average molecular weight is 754 g/mol. The second-order valence-electron chi connectivity index (χ2n) is 18.8. The number of carbonyl (C=O) groups excluding carboxylic acids is 2. The van der Waals surface area contributed by atoms with Gasteiger partial charge in [0.1, 0.15) is 18.4 Å². The molecule has 3 saturated heterocycles. The van der Waals surface area contributed by atoms with Crippen LogP contribution in [-0.4, -0.2) is 131 Å². The maximum Gasteiger partial charge on any atom is 0.240 e. The van der Waals surface area contributed by atoms with Crippen molar-refractivity contribution < 1.29 is 44.2 Å². The molecule has 12 heteroatoms. The van der Waals surface area contributed by atoms with Crippen molar-refractivity contribution in [1.82, 2.24) is 15.5 Å². The van der Waals surface area contributed by atoms with E-state index in [-0.39, 0.29) is 41.6 Å². The molecule has 0 aromatic heterocycles. The lowest BCUT2D eigenvalue weighted by molar-refractivity contribution is -0.205. The van der Waals surface area contributed by atoms with Gasteiger partial charge in [-0.15, -0.1) is 5.92 Å². The van der Waals surface area contributed by atoms with Crippen LogP contribution < -0.4 is 10.6 Å². The van der Waals surface area contributed by atoms with Crippen LogP contribution in [0.5, 0.6) is 0 Å². The third-order valence-corrected chi connectivity index (χ3v) is 16.3. The molecule has 4 aliphatic carbocycles. The molecule has 12 nitrogen and oxygen atoms in total. The maximum atomic E-state index is 14.4. The third-order valence-electron chi connectivity index (χ3n) is 16.3. The van der Waals surface area contributed by atoms with Crippen LogP contribution in [0.15, 0.2) is 11.6 Å². The highest BCUT2D eigenvalue weighted by atomic mass is 16.5. The van der Waals surface area contributed by atoms with Crippen LogP contribution in [0.2, 0.25) is 0 Å². The molecule has 9 aliphatic rings. The minimum atomic E-state index is -1.68. The molecule has 9 rings (SSSR count). The Morgan fingerprint density at radius 2 is 1.83 bits per heavy atom. The molecule has 54 heavy (non-hydrogen) atoms. The quantitative estimate of drug-likeness (QED) is 0.121. The van der Waals surface area contributed by atoms with Crippen LogP contribution >= 0.6 is 0 Å². The minimum absolute atomic E-state index is 0.00319. The number of ketones is 1. The number of nitrogens with one attached hydrogen (secondary N) is 2. The zero-order valence-corrected chi connectivity index (χ0v) is 32.8. The zero-order valence-electron chi connectivity index (χ0n) is 32.8. The van der Waals surface area contributed by atoms with E-state index < -0.39 is 63.9 Å². The first-order chi connectivity index (χ1) is 25.7. The molecule has 16 atom stereocenters. The summed E-state index contributed by atoms with van der Waals surface area (Å²) in [4.78, 5) is 30.2. The molecule has 5 aliphatic heterocycles. The number of amides is 1. The number of fused-ring (bicyclic) bond motifs is 4. The first-order valence-corrected chi connectivity index (χ1v) is 20.7. The molecular formula is C42H63N3O9. The highest BCUT2D eigenvalue weighted by Crippen LogP contribution is 2.73. The van der Waals surface area contributed by atoms with E-state index in [2.05, 4.69) is 29.4 Å². The van der Waals surface area contributed by atoms with Crippen LogP contribution in [0.1, 0.15) is 91.4 Å². The van der Waals surface area contributed by atoms with Crippen LogP contribution in [0, 0.1) is 51.8 Å². The number of hydrogen-bond donors (Lipinski definition) is 6. The Labute approximate surface area is 320 Å². The van der Waals surface area contributed by atoms with Gasteiger partial charge in [-0.25, -0.2) is 0 Å². The summed E-state index contributed by atoms with van der Waals surface area (Å²) in [6, 6.07) is -0.647. The maximum absolute atomic E-state index is 14.4. The number of aliphatic hydroxyl groups is 4. The van der Waals surface area contributed by atoms with E-state index in [9.17, 15) is 30.0 Å². The number of aliphatic hydroxyl groups excluding tert-OH is 2. The van der Waals surface area contributed by atoms with Gasteiger partial charge in [-0.1, -0.05) is 19.8 Å². The van der Waals surface area contributed by atoms with E-state index in [1.165, 1.54) is 0 Å². The largest absolute Gasteiger partial charge is 0.387 e. The fourth-order valence-corrected chi connectivity index (χ4v) is 13.1. The Kier molecular flexibility index (Phi) is 10.0. The number of rotatable bonds is 8. The molecule has 0 aromatic rings. The monoisotopic (exact) mass is 753 g/mol. The van der Waals surface area contributed by atoms with Gasteiger partial charge in [0.25, 0.3) is 0 Å². The molecule has 0 aromatic carbocycles. The van der Waals surface area contributed by atoms with E-state index in [4.69, 9.17) is 14.2 Å². The van der Waals surface area contributed by atoms with Crippen molar-refractivity contribution >= 4 is 11.7 Å². The summed E-state index contributed by atoms with van der Waals surface area (Å²) in [5.74, 6) is 5.94. The van der Waals surface area contributed by atoms with Crippen molar-refractivity contribution in [3.8, 4) is 11.8 Å². The standard InChI is InChI=1S/C42H63N3O9/c1-38-13-9-25(53-19-7-18-52-5)20-28(38)30(46)22-32-41(38)12-6-8-24-23-45(24)37(49)29-21-27-26(11-17-43-4)33(54-34(27)36(48)44-29)35(47)40(3,50)31-10-14-42(32,51)39(31,2)15-16-41/h22,24-29,31,33-36,43-44,47-48,50-51H,7-11,13-21,23H2,1-5H3/t24-,25-,26+,27+,28-,29-,31-,33-,34-,35+,36-,38-,39+,40-,41-,42+,45?/m0/s1. The predicted molar refractivity (Wildman–Crippen MR) is 198 cm³/mol. The molecule has 1 spiro atoms. The lowest BCUT2D eigenvalue weighted by Gasteiger charge is -2.64. The van der Waals surface area contributed by atoms with Crippen molar-refractivity contribution in [2.45, 2.75) is 145 Å². The summed E-state index contributed by atoms with van der Waals surface area (Å²) < 4.78 is 18.0. The molecule has 7 bridgehead atoms. The average Bonchev–Trinajstić information content (AvgIpc) is 3.72. The summed E-state index contributed by atoms with van der Waals surface area (Å²) in [5.41, 5.74) is -4.68. The molecule has 1 amide bonds. The predicted octanol–water partition coefficient (Wildman–Crippen LogP) is 1.67. The molecule has 6 N–H and O–H groups in total. The Morgan fingerprint density at radius 3 is 2.59 bits per heavy atom. The summed E-state index contributed by atoms with van der Waals surface area (Å²) in [5, 5.41) is 56.0. The second-order valence-corrected chi connectivity index (χ2v) is 18.8. The van der Waals surface area contributed by atoms with E-state index >= 15 is 0 Å². The van der Waals surface area contributed by atoms with E-state index in [0.717, 1.165) is 19.3 Å². The summed E-state index contributed by atoms with van der Waals surface area (Å²) in [6.07, 6.45) is 4.18. The SMILES string of the molecule is CNCC[C@@H]1[C@H]2C[C@@H]3N[C@@H](O)[C@H]2O[C@@H]1[C@@H](O)[C@@](C)(O)[C@H]1CC[C@@]2(O)C4=CC(=O)[C@@H]5C[C@@H](OCCCOC)CC[C@]5(C)[C@@]4(C#CC[C@H]4CN4C3=O)CC[C@]12C. The third kappa shape index (κ3) is 5.65. The van der Waals surface area contributed by atoms with Crippen LogP contribution in [0.25, 0.3) is 0 Å². The van der Waals surface area contributed by atoms with Gasteiger partial charge in [-0.05, 0) is 120 Å². The number of hydrogen-bond acceptors (Lipinski definition) is 11. The number of allylic oxidation sites excluding steroid dienone is 1. The lowest BCUT2D eigenvalue weighted by Crippen LogP contribution is -2.66. The topological polar surface area (TPSA) is 170 Å². The highest BCUT2D eigenvalue weighted by Gasteiger charge is 2.74. The Bertz CT molecular complexity index is 1590.